The van der Waals surface area contributed by atoms with E-state index in [4.69, 9.17) is 4.99 Å². The summed E-state index contributed by atoms with van der Waals surface area (Å²) in [5, 5.41) is 6.69. The third-order valence-electron chi connectivity index (χ3n) is 7.19. The van der Waals surface area contributed by atoms with Crippen LogP contribution in [0.2, 0.25) is 0 Å². The molecule has 1 spiro atoms. The first kappa shape index (κ1) is 20.3. The summed E-state index contributed by atoms with van der Waals surface area (Å²) in [5.74, 6) is 0. The first-order valence-corrected chi connectivity index (χ1v) is 11.4. The maximum atomic E-state index is 5.35. The van der Waals surface area contributed by atoms with Gasteiger partial charge in [0, 0.05) is 63.3 Å². The minimum absolute atomic E-state index is 0.0542. The molecule has 2 aromatic carbocycles. The molecule has 31 heavy (non-hydrogen) atoms. The number of nitrogens with one attached hydrogen (secondary N) is 2. The number of benzene rings is 2. The van der Waals surface area contributed by atoms with Gasteiger partial charge in [-0.15, -0.1) is 0 Å². The molecular formula is C26H33N5. The fourth-order valence-corrected chi connectivity index (χ4v) is 4.98. The molecular weight excluding hydrogens is 382 g/mol. The molecule has 0 amide bonds. The van der Waals surface area contributed by atoms with Gasteiger partial charge in [-0.3, -0.25) is 4.90 Å². The van der Waals surface area contributed by atoms with Gasteiger partial charge in [0.1, 0.15) is 0 Å². The van der Waals surface area contributed by atoms with Crippen molar-refractivity contribution in [3.8, 4) is 0 Å². The molecule has 0 aliphatic carbocycles. The number of hydrogen-bond acceptors (Lipinski definition) is 5. The molecule has 3 heterocycles. The lowest BCUT2D eigenvalue weighted by atomic mass is 9.73. The van der Waals surface area contributed by atoms with Crippen LogP contribution in [0.15, 0.2) is 59.7 Å². The molecule has 1 atom stereocenters. The lowest BCUT2D eigenvalue weighted by Gasteiger charge is -2.50. The normalized spacial score (nSPS) is 23.2. The first-order chi connectivity index (χ1) is 15.1. The van der Waals surface area contributed by atoms with E-state index in [1.165, 1.54) is 48.2 Å². The molecule has 2 saturated heterocycles. The van der Waals surface area contributed by atoms with Crippen molar-refractivity contribution in [2.24, 2.45) is 10.4 Å². The molecule has 0 aromatic heterocycles. The largest absolute Gasteiger partial charge is 0.388 e. The fourth-order valence-electron chi connectivity index (χ4n) is 4.98. The highest BCUT2D eigenvalue weighted by Gasteiger charge is 2.41. The predicted molar refractivity (Wildman–Crippen MR) is 129 cm³/mol. The lowest BCUT2D eigenvalue weighted by molar-refractivity contribution is 0.00448. The van der Waals surface area contributed by atoms with Crippen LogP contribution in [0.4, 0.5) is 5.69 Å². The molecule has 3 aliphatic rings. The van der Waals surface area contributed by atoms with E-state index in [0.29, 0.717) is 5.41 Å². The molecule has 3 aliphatic heterocycles. The summed E-state index contributed by atoms with van der Waals surface area (Å²) < 4.78 is 0. The quantitative estimate of drug-likeness (QED) is 0.798. The van der Waals surface area contributed by atoms with Crippen molar-refractivity contribution < 1.29 is 0 Å². The number of allylic oxidation sites excluding steroid dienone is 1. The number of anilines is 1. The standard InChI is InChI=1S/C26H33N5/c1-19-4-6-20(7-5-19)23-16-30(3)25(31-14-12-26(13-15-31)17-28-18-26)29-24(23)21-8-10-22(27-2)11-9-21/h4-11,16,25,27-28H,12-15,17-18H2,1-3H3. The van der Waals surface area contributed by atoms with Crippen LogP contribution in [0, 0.1) is 12.3 Å². The summed E-state index contributed by atoms with van der Waals surface area (Å²) >= 11 is 0. The van der Waals surface area contributed by atoms with Gasteiger partial charge in [-0.2, -0.15) is 0 Å². The second-order valence-electron chi connectivity index (χ2n) is 9.37. The Labute approximate surface area is 185 Å². The molecule has 2 fully saturated rings. The molecule has 5 nitrogen and oxygen atoms in total. The Kier molecular flexibility index (Phi) is 5.32. The van der Waals surface area contributed by atoms with E-state index >= 15 is 0 Å². The summed E-state index contributed by atoms with van der Waals surface area (Å²) in [6, 6.07) is 17.4. The first-order valence-electron chi connectivity index (χ1n) is 11.4. The Morgan fingerprint density at radius 1 is 0.968 bits per heavy atom. The highest BCUT2D eigenvalue weighted by Crippen LogP contribution is 2.37. The Balaban J connectivity index is 1.48. The van der Waals surface area contributed by atoms with Crippen LogP contribution in [0.3, 0.4) is 0 Å². The number of aryl methyl sites for hydroxylation is 1. The minimum atomic E-state index is 0.0542. The van der Waals surface area contributed by atoms with E-state index in [2.05, 4.69) is 89.1 Å². The Hall–Kier alpha value is -2.63. The molecule has 162 valence electrons. The molecule has 0 bridgehead atoms. The smallest absolute Gasteiger partial charge is 0.178 e. The average molecular weight is 416 g/mol. The summed E-state index contributed by atoms with van der Waals surface area (Å²) in [4.78, 5) is 10.2. The van der Waals surface area contributed by atoms with Crippen molar-refractivity contribution in [2.75, 3.05) is 45.6 Å². The number of piperidine rings is 1. The third-order valence-corrected chi connectivity index (χ3v) is 7.19. The van der Waals surface area contributed by atoms with Crippen molar-refractivity contribution in [2.45, 2.75) is 26.1 Å². The SMILES string of the molecule is CNc1ccc(C2=NC(N3CCC4(CC3)CNC4)N(C)C=C2c2ccc(C)cc2)cc1. The van der Waals surface area contributed by atoms with Gasteiger partial charge in [0.25, 0.3) is 0 Å². The monoisotopic (exact) mass is 415 g/mol. The van der Waals surface area contributed by atoms with E-state index in [1.54, 1.807) is 0 Å². The Morgan fingerprint density at radius 2 is 1.61 bits per heavy atom. The van der Waals surface area contributed by atoms with Gasteiger partial charge in [0.15, 0.2) is 6.29 Å². The Morgan fingerprint density at radius 3 is 2.19 bits per heavy atom. The molecule has 0 radical (unpaired) electrons. The highest BCUT2D eigenvalue weighted by molar-refractivity contribution is 6.32. The second kappa shape index (κ2) is 8.13. The van der Waals surface area contributed by atoms with Crippen LogP contribution >= 0.6 is 0 Å². The van der Waals surface area contributed by atoms with E-state index in [9.17, 15) is 0 Å². The summed E-state index contributed by atoms with van der Waals surface area (Å²) in [5.41, 5.74) is 7.59. The zero-order chi connectivity index (χ0) is 21.4. The van der Waals surface area contributed by atoms with Crippen molar-refractivity contribution in [1.82, 2.24) is 15.1 Å². The zero-order valence-electron chi connectivity index (χ0n) is 18.9. The topological polar surface area (TPSA) is 42.9 Å². The van der Waals surface area contributed by atoms with E-state index in [-0.39, 0.29) is 6.29 Å². The molecule has 2 aromatic rings. The summed E-state index contributed by atoms with van der Waals surface area (Å²) in [6.07, 6.45) is 4.87. The van der Waals surface area contributed by atoms with E-state index in [0.717, 1.165) is 24.5 Å². The van der Waals surface area contributed by atoms with E-state index in [1.807, 2.05) is 7.05 Å². The molecule has 2 N–H and O–H groups in total. The van der Waals surface area contributed by atoms with Crippen molar-refractivity contribution >= 4 is 17.0 Å². The fraction of sp³-hybridized carbons (Fsp3) is 0.423. The zero-order valence-corrected chi connectivity index (χ0v) is 18.9. The molecule has 1 unspecified atom stereocenters. The van der Waals surface area contributed by atoms with Gasteiger partial charge in [0.2, 0.25) is 0 Å². The number of hydrogen-bond donors (Lipinski definition) is 2. The molecule has 5 rings (SSSR count). The van der Waals surface area contributed by atoms with Crippen LogP contribution in [0.1, 0.15) is 29.5 Å². The van der Waals surface area contributed by atoms with Gasteiger partial charge >= 0.3 is 0 Å². The van der Waals surface area contributed by atoms with Gasteiger partial charge in [-0.25, -0.2) is 4.99 Å². The average Bonchev–Trinajstić information content (AvgIpc) is 2.79. The predicted octanol–water partition coefficient (Wildman–Crippen LogP) is 3.78. The third kappa shape index (κ3) is 3.88. The van der Waals surface area contributed by atoms with Crippen molar-refractivity contribution in [3.05, 3.63) is 71.4 Å². The summed E-state index contributed by atoms with van der Waals surface area (Å²) in [7, 11) is 4.12. The second-order valence-corrected chi connectivity index (χ2v) is 9.37. The number of nitrogens with zero attached hydrogens (tertiary/aromatic N) is 3. The van der Waals surface area contributed by atoms with Crippen LogP contribution in [0.25, 0.3) is 5.57 Å². The van der Waals surface area contributed by atoms with Gasteiger partial charge in [-0.1, -0.05) is 42.0 Å². The van der Waals surface area contributed by atoms with E-state index < -0.39 is 0 Å². The summed E-state index contributed by atoms with van der Waals surface area (Å²) in [6.45, 7) is 6.73. The maximum Gasteiger partial charge on any atom is 0.178 e. The van der Waals surface area contributed by atoms with Crippen LogP contribution in [-0.4, -0.2) is 62.1 Å². The molecule has 5 heteroatoms. The molecule has 0 saturated carbocycles. The van der Waals surface area contributed by atoms with Crippen LogP contribution in [-0.2, 0) is 0 Å². The van der Waals surface area contributed by atoms with Crippen molar-refractivity contribution in [3.63, 3.8) is 0 Å². The Bertz CT molecular complexity index is 975. The van der Waals surface area contributed by atoms with Gasteiger partial charge in [0.05, 0.1) is 5.71 Å². The van der Waals surface area contributed by atoms with Gasteiger partial charge < -0.3 is 15.5 Å². The lowest BCUT2D eigenvalue weighted by Crippen LogP contribution is -2.60. The van der Waals surface area contributed by atoms with Crippen LogP contribution in [0.5, 0.6) is 0 Å². The van der Waals surface area contributed by atoms with Crippen molar-refractivity contribution in [1.29, 1.82) is 0 Å². The highest BCUT2D eigenvalue weighted by atomic mass is 15.4. The maximum absolute atomic E-state index is 5.35. The number of likely N-dealkylation sites (tertiary alicyclic amines) is 1. The van der Waals surface area contributed by atoms with Gasteiger partial charge in [-0.05, 0) is 42.9 Å². The number of rotatable bonds is 4. The minimum Gasteiger partial charge on any atom is -0.388 e. The number of aliphatic imine (C=N–C) groups is 1. The van der Waals surface area contributed by atoms with Crippen LogP contribution < -0.4 is 10.6 Å².